The first-order chi connectivity index (χ1) is 14.5. The number of methoxy groups -OCH3 is 2. The molecule has 1 heterocycles. The van der Waals surface area contributed by atoms with Crippen LogP contribution in [0.5, 0.6) is 11.5 Å². The molecule has 1 aliphatic rings. The van der Waals surface area contributed by atoms with E-state index in [1.807, 2.05) is 48.5 Å². The maximum absolute atomic E-state index is 12.5. The Kier molecular flexibility index (Phi) is 6.90. The van der Waals surface area contributed by atoms with E-state index in [-0.39, 0.29) is 24.8 Å². The quantitative estimate of drug-likeness (QED) is 0.614. The van der Waals surface area contributed by atoms with Gasteiger partial charge in [0.05, 0.1) is 27.2 Å². The molecule has 3 rings (SSSR count). The maximum atomic E-state index is 12.5. The molecular weight excluding hydrogens is 386 g/mol. The molecule has 8 nitrogen and oxygen atoms in total. The molecular formula is C22H25N3O5. The molecule has 0 aromatic heterocycles. The highest BCUT2D eigenvalue weighted by Gasteiger charge is 2.38. The molecule has 1 unspecified atom stereocenters. The highest BCUT2D eigenvalue weighted by atomic mass is 16.5. The second kappa shape index (κ2) is 9.78. The summed E-state index contributed by atoms with van der Waals surface area (Å²) in [7, 11) is 3.14. The van der Waals surface area contributed by atoms with Crippen molar-refractivity contribution in [3.8, 4) is 11.5 Å². The maximum Gasteiger partial charge on any atom is 0.325 e. The summed E-state index contributed by atoms with van der Waals surface area (Å²) in [4.78, 5) is 38.0. The van der Waals surface area contributed by atoms with Crippen LogP contribution < -0.4 is 20.1 Å². The van der Waals surface area contributed by atoms with E-state index in [1.54, 1.807) is 14.2 Å². The number of imide groups is 1. The van der Waals surface area contributed by atoms with E-state index in [0.717, 1.165) is 16.0 Å². The summed E-state index contributed by atoms with van der Waals surface area (Å²) in [6, 6.07) is 13.5. The van der Waals surface area contributed by atoms with Crippen LogP contribution in [0.4, 0.5) is 4.79 Å². The largest absolute Gasteiger partial charge is 0.493 e. The van der Waals surface area contributed by atoms with Crippen molar-refractivity contribution in [2.45, 2.75) is 25.4 Å². The smallest absolute Gasteiger partial charge is 0.325 e. The Morgan fingerprint density at radius 3 is 2.47 bits per heavy atom. The van der Waals surface area contributed by atoms with Gasteiger partial charge in [-0.3, -0.25) is 14.5 Å². The zero-order valence-corrected chi connectivity index (χ0v) is 17.0. The number of amides is 4. The number of hydrogen-bond donors (Lipinski definition) is 2. The fraction of sp³-hybridized carbons (Fsp3) is 0.318. The molecule has 0 bridgehead atoms. The third-order valence-electron chi connectivity index (χ3n) is 4.86. The molecule has 2 aromatic rings. The molecule has 2 N–H and O–H groups in total. The standard InChI is InChI=1S/C22H25N3O5/c1-29-18-9-8-15(12-19(18)30-2)10-11-23-20(26)13-17-21(27)25(22(28)24-17)14-16-6-4-3-5-7-16/h3-9,12,17H,10-11,13-14H2,1-2H3,(H,23,26)(H,24,28). The van der Waals surface area contributed by atoms with Gasteiger partial charge < -0.3 is 20.1 Å². The summed E-state index contributed by atoms with van der Waals surface area (Å²) in [5, 5.41) is 5.38. The van der Waals surface area contributed by atoms with E-state index >= 15 is 0 Å². The van der Waals surface area contributed by atoms with Gasteiger partial charge in [0.2, 0.25) is 5.91 Å². The van der Waals surface area contributed by atoms with Gasteiger partial charge in [0.15, 0.2) is 11.5 Å². The van der Waals surface area contributed by atoms with Gasteiger partial charge in [0.25, 0.3) is 5.91 Å². The van der Waals surface area contributed by atoms with E-state index in [0.29, 0.717) is 24.5 Å². The van der Waals surface area contributed by atoms with Gasteiger partial charge >= 0.3 is 6.03 Å². The Morgan fingerprint density at radius 2 is 1.77 bits per heavy atom. The van der Waals surface area contributed by atoms with Crippen LogP contribution in [0.25, 0.3) is 0 Å². The highest BCUT2D eigenvalue weighted by molar-refractivity contribution is 6.05. The molecule has 30 heavy (non-hydrogen) atoms. The van der Waals surface area contributed by atoms with Gasteiger partial charge in [0.1, 0.15) is 6.04 Å². The van der Waals surface area contributed by atoms with Gasteiger partial charge in [-0.05, 0) is 29.7 Å². The van der Waals surface area contributed by atoms with Crippen molar-refractivity contribution in [1.82, 2.24) is 15.5 Å². The Labute approximate surface area is 175 Å². The first-order valence-electron chi connectivity index (χ1n) is 9.65. The average molecular weight is 411 g/mol. The van der Waals surface area contributed by atoms with Crippen LogP contribution in [0.1, 0.15) is 17.5 Å². The number of nitrogens with zero attached hydrogens (tertiary/aromatic N) is 1. The van der Waals surface area contributed by atoms with Crippen LogP contribution in [0.2, 0.25) is 0 Å². The minimum atomic E-state index is -0.845. The van der Waals surface area contributed by atoms with Crippen molar-refractivity contribution in [1.29, 1.82) is 0 Å². The Morgan fingerprint density at radius 1 is 1.03 bits per heavy atom. The average Bonchev–Trinajstić information content (AvgIpc) is 3.01. The lowest BCUT2D eigenvalue weighted by molar-refractivity contribution is -0.131. The van der Waals surface area contributed by atoms with Crippen LogP contribution in [-0.4, -0.2) is 49.6 Å². The first-order valence-corrected chi connectivity index (χ1v) is 9.65. The number of ether oxygens (including phenoxy) is 2. The van der Waals surface area contributed by atoms with Gasteiger partial charge in [-0.15, -0.1) is 0 Å². The molecule has 1 aliphatic heterocycles. The Bertz CT molecular complexity index is 916. The summed E-state index contributed by atoms with van der Waals surface area (Å²) in [6.07, 6.45) is 0.499. The van der Waals surface area contributed by atoms with E-state index in [9.17, 15) is 14.4 Å². The number of rotatable bonds is 9. The van der Waals surface area contributed by atoms with Gasteiger partial charge in [-0.1, -0.05) is 36.4 Å². The predicted octanol–water partition coefficient (Wildman–Crippen LogP) is 1.87. The summed E-state index contributed by atoms with van der Waals surface area (Å²) in [5.74, 6) is 0.578. The topological polar surface area (TPSA) is 97.0 Å². The minimum Gasteiger partial charge on any atom is -0.493 e. The molecule has 4 amide bonds. The molecule has 0 saturated carbocycles. The van der Waals surface area contributed by atoms with E-state index < -0.39 is 12.1 Å². The summed E-state index contributed by atoms with van der Waals surface area (Å²) in [6.45, 7) is 0.583. The number of nitrogens with one attached hydrogen (secondary N) is 2. The van der Waals surface area contributed by atoms with Gasteiger partial charge in [-0.2, -0.15) is 0 Å². The zero-order valence-electron chi connectivity index (χ0n) is 17.0. The number of urea groups is 1. The van der Waals surface area contributed by atoms with Crippen LogP contribution >= 0.6 is 0 Å². The van der Waals surface area contributed by atoms with Crippen molar-refractivity contribution < 1.29 is 23.9 Å². The molecule has 2 aromatic carbocycles. The van der Waals surface area contributed by atoms with Gasteiger partial charge in [0, 0.05) is 6.54 Å². The number of carbonyl (C=O) groups is 3. The van der Waals surface area contributed by atoms with Gasteiger partial charge in [-0.25, -0.2) is 4.79 Å². The normalized spacial score (nSPS) is 15.7. The summed E-state index contributed by atoms with van der Waals surface area (Å²) < 4.78 is 10.5. The molecule has 158 valence electrons. The zero-order chi connectivity index (χ0) is 21.5. The third kappa shape index (κ3) is 5.08. The van der Waals surface area contributed by atoms with Crippen molar-refractivity contribution in [2.24, 2.45) is 0 Å². The fourth-order valence-electron chi connectivity index (χ4n) is 3.27. The van der Waals surface area contributed by atoms with E-state index in [2.05, 4.69) is 10.6 Å². The molecule has 1 saturated heterocycles. The predicted molar refractivity (Wildman–Crippen MR) is 110 cm³/mol. The van der Waals surface area contributed by atoms with Crippen LogP contribution in [0.3, 0.4) is 0 Å². The van der Waals surface area contributed by atoms with Crippen molar-refractivity contribution in [3.63, 3.8) is 0 Å². The lowest BCUT2D eigenvalue weighted by Gasteiger charge is -2.13. The van der Waals surface area contributed by atoms with Crippen LogP contribution in [0.15, 0.2) is 48.5 Å². The van der Waals surface area contributed by atoms with Crippen molar-refractivity contribution in [3.05, 3.63) is 59.7 Å². The Hall–Kier alpha value is -3.55. The molecule has 1 atom stereocenters. The lowest BCUT2D eigenvalue weighted by Crippen LogP contribution is -2.37. The summed E-state index contributed by atoms with van der Waals surface area (Å²) in [5.41, 5.74) is 1.83. The monoisotopic (exact) mass is 411 g/mol. The summed E-state index contributed by atoms with van der Waals surface area (Å²) >= 11 is 0. The van der Waals surface area contributed by atoms with E-state index in [1.165, 1.54) is 0 Å². The molecule has 0 spiro atoms. The molecule has 8 heteroatoms. The number of benzene rings is 2. The SMILES string of the molecule is COc1ccc(CCNC(=O)CC2NC(=O)N(Cc3ccccc3)C2=O)cc1OC. The highest BCUT2D eigenvalue weighted by Crippen LogP contribution is 2.27. The fourth-order valence-corrected chi connectivity index (χ4v) is 3.27. The second-order valence-corrected chi connectivity index (χ2v) is 6.91. The lowest BCUT2D eigenvalue weighted by atomic mass is 10.1. The third-order valence-corrected chi connectivity index (χ3v) is 4.86. The Balaban J connectivity index is 1.48. The molecule has 0 aliphatic carbocycles. The molecule has 0 radical (unpaired) electrons. The second-order valence-electron chi connectivity index (χ2n) is 6.91. The first kappa shape index (κ1) is 21.2. The van der Waals surface area contributed by atoms with E-state index in [4.69, 9.17) is 9.47 Å². The minimum absolute atomic E-state index is 0.0954. The van der Waals surface area contributed by atoms with Crippen LogP contribution in [0, 0.1) is 0 Å². The van der Waals surface area contributed by atoms with Crippen molar-refractivity contribution in [2.75, 3.05) is 20.8 Å². The van der Waals surface area contributed by atoms with Crippen molar-refractivity contribution >= 4 is 17.8 Å². The van der Waals surface area contributed by atoms with Crippen LogP contribution in [-0.2, 0) is 22.6 Å². The number of carbonyl (C=O) groups excluding carboxylic acids is 3. The molecule has 1 fully saturated rings. The number of hydrogen-bond acceptors (Lipinski definition) is 5.